The van der Waals surface area contributed by atoms with Crippen LogP contribution in [0.1, 0.15) is 52.3 Å². The molecule has 0 radical (unpaired) electrons. The average molecular weight is 495 g/mol. The minimum atomic E-state index is -0.0913. The molecule has 3 aromatic carbocycles. The fourth-order valence-electron chi connectivity index (χ4n) is 8.70. The number of hydrogen-bond donors (Lipinski definition) is 0. The molecular formula is C35H30N2O+2. The molecule has 3 nitrogen and oxygen atoms in total. The van der Waals surface area contributed by atoms with Crippen LogP contribution < -0.4 is 4.57 Å². The van der Waals surface area contributed by atoms with Crippen molar-refractivity contribution in [3.8, 4) is 11.3 Å². The number of hydrogen-bond acceptors (Lipinski definition) is 1. The SMILES string of the molecule is C/C=C1/c2c(ccc3c2oc2c4c(ccc23)CC=C4)C2(C3c4ccccc4-c4ccc(C)c[n+]4C32)[N+]1(C)C. The van der Waals surface area contributed by atoms with Crippen LogP contribution in [-0.2, 0) is 12.0 Å². The first-order valence-corrected chi connectivity index (χ1v) is 13.8. The lowest BCUT2D eigenvalue weighted by Gasteiger charge is -2.33. The molecule has 4 heterocycles. The van der Waals surface area contributed by atoms with Crippen LogP contribution in [0, 0.1) is 6.92 Å². The monoisotopic (exact) mass is 494 g/mol. The van der Waals surface area contributed by atoms with Gasteiger partial charge in [-0.1, -0.05) is 48.6 Å². The lowest BCUT2D eigenvalue weighted by atomic mass is 9.92. The highest BCUT2D eigenvalue weighted by Gasteiger charge is 2.87. The number of benzene rings is 3. The number of allylic oxidation sites excluding steroid dienone is 2. The maximum Gasteiger partial charge on any atom is 0.231 e. The molecule has 3 heteroatoms. The zero-order valence-electron chi connectivity index (χ0n) is 22.2. The first-order valence-electron chi connectivity index (χ1n) is 13.8. The Hall–Kier alpha value is -3.95. The van der Waals surface area contributed by atoms with Crippen molar-refractivity contribution in [1.29, 1.82) is 0 Å². The van der Waals surface area contributed by atoms with Crippen LogP contribution in [0.3, 0.4) is 0 Å². The summed E-state index contributed by atoms with van der Waals surface area (Å²) in [7, 11) is 4.84. The van der Waals surface area contributed by atoms with Crippen molar-refractivity contribution in [2.45, 2.75) is 37.8 Å². The molecule has 0 bridgehead atoms. The third-order valence-corrected chi connectivity index (χ3v) is 10.2. The van der Waals surface area contributed by atoms with Crippen LogP contribution in [0.5, 0.6) is 0 Å². The van der Waals surface area contributed by atoms with Crippen LogP contribution in [0.2, 0.25) is 0 Å². The van der Waals surface area contributed by atoms with Gasteiger partial charge in [0.1, 0.15) is 22.8 Å². The van der Waals surface area contributed by atoms with Gasteiger partial charge >= 0.3 is 0 Å². The first-order chi connectivity index (χ1) is 18.5. The van der Waals surface area contributed by atoms with Crippen LogP contribution >= 0.6 is 0 Å². The van der Waals surface area contributed by atoms with E-state index in [0.717, 1.165) is 22.1 Å². The van der Waals surface area contributed by atoms with E-state index in [1.54, 1.807) is 0 Å². The average Bonchev–Trinajstić information content (AvgIpc) is 3.14. The molecule has 2 aliphatic heterocycles. The largest absolute Gasteiger partial charge is 0.455 e. The molecule has 0 N–H and O–H groups in total. The Bertz CT molecular complexity index is 1970. The van der Waals surface area contributed by atoms with E-state index in [-0.39, 0.29) is 5.54 Å². The zero-order valence-corrected chi connectivity index (χ0v) is 22.2. The fourth-order valence-corrected chi connectivity index (χ4v) is 8.70. The molecule has 5 aromatic rings. The highest BCUT2D eigenvalue weighted by Crippen LogP contribution is 2.77. The van der Waals surface area contributed by atoms with E-state index in [4.69, 9.17) is 4.42 Å². The van der Waals surface area contributed by atoms with Crippen molar-refractivity contribution in [2.24, 2.45) is 0 Å². The molecule has 2 aromatic heterocycles. The molecule has 1 fully saturated rings. The number of rotatable bonds is 0. The molecule has 184 valence electrons. The van der Waals surface area contributed by atoms with Gasteiger partial charge in [0.15, 0.2) is 6.20 Å². The summed E-state index contributed by atoms with van der Waals surface area (Å²) in [4.78, 5) is 0. The molecule has 38 heavy (non-hydrogen) atoms. The number of fused-ring (bicyclic) bond motifs is 16. The summed E-state index contributed by atoms with van der Waals surface area (Å²) >= 11 is 0. The van der Waals surface area contributed by atoms with Gasteiger partial charge < -0.3 is 4.42 Å². The predicted octanol–water partition coefficient (Wildman–Crippen LogP) is 7.42. The summed E-state index contributed by atoms with van der Waals surface area (Å²) < 4.78 is 10.3. The lowest BCUT2D eigenvalue weighted by Crippen LogP contribution is -2.49. The molecule has 0 saturated heterocycles. The van der Waals surface area contributed by atoms with Crippen molar-refractivity contribution in [1.82, 2.24) is 0 Å². The Kier molecular flexibility index (Phi) is 3.62. The van der Waals surface area contributed by atoms with Crippen molar-refractivity contribution in [2.75, 3.05) is 14.1 Å². The van der Waals surface area contributed by atoms with Gasteiger partial charge in [0.05, 0.1) is 25.2 Å². The zero-order chi connectivity index (χ0) is 25.6. The molecule has 1 spiro atoms. The number of aromatic nitrogens is 1. The molecule has 3 atom stereocenters. The number of pyridine rings is 1. The minimum Gasteiger partial charge on any atom is -0.455 e. The maximum atomic E-state index is 6.89. The van der Waals surface area contributed by atoms with Gasteiger partial charge in [0.25, 0.3) is 0 Å². The third kappa shape index (κ3) is 2.11. The summed E-state index contributed by atoms with van der Waals surface area (Å²) in [6, 6.07) is 23.3. The summed E-state index contributed by atoms with van der Waals surface area (Å²) in [5, 5.41) is 2.45. The van der Waals surface area contributed by atoms with Crippen molar-refractivity contribution < 1.29 is 13.5 Å². The van der Waals surface area contributed by atoms with Gasteiger partial charge in [-0.25, -0.2) is 0 Å². The quantitative estimate of drug-likeness (QED) is 0.162. The Labute approximate surface area is 222 Å². The van der Waals surface area contributed by atoms with E-state index in [0.29, 0.717) is 12.0 Å². The molecular weight excluding hydrogens is 464 g/mol. The summed E-state index contributed by atoms with van der Waals surface area (Å²) in [6.45, 7) is 4.41. The molecule has 1 saturated carbocycles. The minimum absolute atomic E-state index is 0.0913. The van der Waals surface area contributed by atoms with Gasteiger partial charge in [-0.3, -0.25) is 4.48 Å². The summed E-state index contributed by atoms with van der Waals surface area (Å²) in [5.41, 5.74) is 14.2. The number of nitrogens with zero attached hydrogens (tertiary/aromatic N) is 2. The third-order valence-electron chi connectivity index (χ3n) is 10.2. The molecule has 2 aliphatic carbocycles. The van der Waals surface area contributed by atoms with Gasteiger partial charge in [0, 0.05) is 33.5 Å². The fraction of sp³-hybridized carbons (Fsp3) is 0.229. The van der Waals surface area contributed by atoms with Crippen LogP contribution in [-0.4, -0.2) is 18.6 Å². The molecule has 9 rings (SSSR count). The second-order valence-corrected chi connectivity index (χ2v) is 12.0. The summed E-state index contributed by atoms with van der Waals surface area (Å²) in [5.74, 6) is 0.401. The van der Waals surface area contributed by atoms with E-state index in [9.17, 15) is 0 Å². The highest BCUT2D eigenvalue weighted by molar-refractivity contribution is 6.11. The van der Waals surface area contributed by atoms with Crippen molar-refractivity contribution >= 4 is 33.7 Å². The molecule has 3 unspecified atom stereocenters. The molecule has 4 aliphatic rings. The van der Waals surface area contributed by atoms with E-state index in [1.165, 1.54) is 61.1 Å². The first kappa shape index (κ1) is 21.0. The molecule has 0 amide bonds. The number of furan rings is 1. The van der Waals surface area contributed by atoms with Crippen molar-refractivity contribution in [3.05, 3.63) is 112 Å². The van der Waals surface area contributed by atoms with E-state index >= 15 is 0 Å². The van der Waals surface area contributed by atoms with E-state index < -0.39 is 0 Å². The Morgan fingerprint density at radius 1 is 0.974 bits per heavy atom. The normalized spacial score (nSPS) is 26.1. The van der Waals surface area contributed by atoms with Crippen LogP contribution in [0.25, 0.3) is 45.0 Å². The second kappa shape index (κ2) is 6.54. The summed E-state index contributed by atoms with van der Waals surface area (Å²) in [6.07, 6.45) is 10.2. The van der Waals surface area contributed by atoms with Gasteiger partial charge in [-0.15, -0.1) is 0 Å². The predicted molar refractivity (Wildman–Crippen MR) is 152 cm³/mol. The Balaban J connectivity index is 1.40. The standard InChI is InChI=1S/C35H30N2O/c1-5-29-30-27(17-16-26-25-15-14-21-9-8-12-22(21)32(25)38-33(26)30)35(37(29,3)4)31-24-11-7-6-10-23(24)28-18-13-20(2)19-36(28)34(31)35/h5-8,10-19,31,34H,9H2,1-4H3/q+2/b29-5-. The maximum absolute atomic E-state index is 6.89. The number of quaternary nitrogens is 1. The number of aryl methyl sites for hydroxylation is 1. The van der Waals surface area contributed by atoms with Gasteiger partial charge in [-0.2, -0.15) is 4.57 Å². The Morgan fingerprint density at radius 2 is 1.79 bits per heavy atom. The topological polar surface area (TPSA) is 17.0 Å². The second-order valence-electron chi connectivity index (χ2n) is 12.0. The van der Waals surface area contributed by atoms with Crippen LogP contribution in [0.15, 0.2) is 83.4 Å². The van der Waals surface area contributed by atoms with Gasteiger partial charge in [-0.05, 0) is 55.7 Å². The lowest BCUT2D eigenvalue weighted by molar-refractivity contribution is -0.880. The van der Waals surface area contributed by atoms with Crippen LogP contribution in [0.4, 0.5) is 0 Å². The van der Waals surface area contributed by atoms with Crippen molar-refractivity contribution in [3.63, 3.8) is 0 Å². The van der Waals surface area contributed by atoms with Gasteiger partial charge in [0.2, 0.25) is 17.3 Å². The Morgan fingerprint density at radius 3 is 2.66 bits per heavy atom. The van der Waals surface area contributed by atoms with E-state index in [2.05, 4.69) is 118 Å². The number of likely N-dealkylation sites (N-methyl/N-ethyl adjacent to an activating group) is 1. The highest BCUT2D eigenvalue weighted by atomic mass is 16.3. The smallest absolute Gasteiger partial charge is 0.231 e. The van der Waals surface area contributed by atoms with E-state index in [1.807, 2.05) is 0 Å².